The van der Waals surface area contributed by atoms with Gasteiger partial charge in [-0.2, -0.15) is 0 Å². The molecule has 1 rings (SSSR count). The van der Waals surface area contributed by atoms with Crippen LogP contribution in [0.2, 0.25) is 0 Å². The summed E-state index contributed by atoms with van der Waals surface area (Å²) in [7, 11) is 1.55. The van der Waals surface area contributed by atoms with E-state index in [1.807, 2.05) is 30.3 Å². The summed E-state index contributed by atoms with van der Waals surface area (Å²) in [5.74, 6) is -0.120. The summed E-state index contributed by atoms with van der Waals surface area (Å²) in [6.45, 7) is 2.52. The second-order valence-electron chi connectivity index (χ2n) is 3.91. The Bertz CT molecular complexity index is 395. The molecule has 0 aliphatic carbocycles. The van der Waals surface area contributed by atoms with Crippen molar-refractivity contribution in [3.63, 3.8) is 0 Å². The van der Waals surface area contributed by atoms with E-state index in [0.717, 1.165) is 5.56 Å². The second kappa shape index (κ2) is 7.79. The van der Waals surface area contributed by atoms with Gasteiger partial charge in [-0.05, 0) is 12.5 Å². The number of benzene rings is 1. The van der Waals surface area contributed by atoms with Gasteiger partial charge in [0.2, 0.25) is 5.91 Å². The first-order valence-electron chi connectivity index (χ1n) is 5.71. The van der Waals surface area contributed by atoms with Gasteiger partial charge < -0.3 is 15.4 Å². The van der Waals surface area contributed by atoms with Crippen molar-refractivity contribution in [1.29, 1.82) is 0 Å². The quantitative estimate of drug-likeness (QED) is 0.761. The molecule has 0 unspecified atom stereocenters. The predicted octanol–water partition coefficient (Wildman–Crippen LogP) is 1.25. The van der Waals surface area contributed by atoms with Crippen LogP contribution in [0.25, 0.3) is 0 Å². The van der Waals surface area contributed by atoms with Crippen LogP contribution in [-0.4, -0.2) is 30.7 Å². The first-order chi connectivity index (χ1) is 8.63. The predicted molar refractivity (Wildman–Crippen MR) is 75.4 cm³/mol. The number of carbonyl (C=O) groups excluding carboxylic acids is 1. The number of hydrogen-bond donors (Lipinski definition) is 2. The molecule has 0 aliphatic heterocycles. The fraction of sp³-hybridized carbons (Fsp3) is 0.385. The number of carbonyl (C=O) groups is 1. The van der Waals surface area contributed by atoms with Crippen LogP contribution in [0.3, 0.4) is 0 Å². The highest BCUT2D eigenvalue weighted by molar-refractivity contribution is 7.80. The minimum Gasteiger partial charge on any atom is -0.382 e. The van der Waals surface area contributed by atoms with Gasteiger partial charge in [-0.1, -0.05) is 42.5 Å². The molecule has 2 N–H and O–H groups in total. The Balaban J connectivity index is 2.48. The number of thiocarbonyl (C=S) groups is 1. The SMILES string of the molecule is COC[C@@H](NC(C)=S)C(=O)NCc1ccccc1. The third-order valence-corrected chi connectivity index (χ3v) is 2.45. The third kappa shape index (κ3) is 5.25. The molecule has 0 aliphatic rings. The second-order valence-corrected chi connectivity index (χ2v) is 4.52. The van der Waals surface area contributed by atoms with E-state index in [0.29, 0.717) is 11.5 Å². The van der Waals surface area contributed by atoms with Crippen LogP contribution in [0, 0.1) is 0 Å². The maximum atomic E-state index is 11.9. The standard InChI is InChI=1S/C13H18N2O2S/c1-10(18)15-12(9-17-2)13(16)14-8-11-6-4-3-5-7-11/h3-7,12H,8-9H2,1-2H3,(H,14,16)(H,15,18)/t12-/m1/s1. The summed E-state index contributed by atoms with van der Waals surface area (Å²) in [5, 5.41) is 5.76. The zero-order chi connectivity index (χ0) is 13.4. The molecule has 0 fully saturated rings. The first-order valence-corrected chi connectivity index (χ1v) is 6.12. The van der Waals surface area contributed by atoms with Crippen LogP contribution in [0.5, 0.6) is 0 Å². The van der Waals surface area contributed by atoms with Crippen LogP contribution < -0.4 is 10.6 Å². The van der Waals surface area contributed by atoms with E-state index in [2.05, 4.69) is 10.6 Å². The van der Waals surface area contributed by atoms with Crippen LogP contribution >= 0.6 is 12.2 Å². The lowest BCUT2D eigenvalue weighted by atomic mass is 10.2. The topological polar surface area (TPSA) is 50.4 Å². The zero-order valence-electron chi connectivity index (χ0n) is 10.6. The number of nitrogens with one attached hydrogen (secondary N) is 2. The maximum absolute atomic E-state index is 11.9. The van der Waals surface area contributed by atoms with Gasteiger partial charge in [-0.25, -0.2) is 0 Å². The summed E-state index contributed by atoms with van der Waals surface area (Å²) in [5.41, 5.74) is 1.06. The molecule has 1 atom stereocenters. The van der Waals surface area contributed by atoms with Crippen molar-refractivity contribution >= 4 is 23.1 Å². The fourth-order valence-corrected chi connectivity index (χ4v) is 1.65. The summed E-state index contributed by atoms with van der Waals surface area (Å²) >= 11 is 4.94. The smallest absolute Gasteiger partial charge is 0.245 e. The van der Waals surface area contributed by atoms with Gasteiger partial charge in [-0.3, -0.25) is 4.79 Å². The molecule has 0 bridgehead atoms. The first kappa shape index (κ1) is 14.6. The van der Waals surface area contributed by atoms with Crippen molar-refractivity contribution in [3.8, 4) is 0 Å². The molecule has 5 heteroatoms. The molecule has 0 spiro atoms. The van der Waals surface area contributed by atoms with Crippen LogP contribution in [0.1, 0.15) is 12.5 Å². The highest BCUT2D eigenvalue weighted by Crippen LogP contribution is 1.98. The minimum atomic E-state index is -0.448. The van der Waals surface area contributed by atoms with Crippen LogP contribution in [-0.2, 0) is 16.1 Å². The molecule has 0 saturated carbocycles. The molecular weight excluding hydrogens is 248 g/mol. The molecule has 0 saturated heterocycles. The van der Waals surface area contributed by atoms with Crippen LogP contribution in [0.15, 0.2) is 30.3 Å². The van der Waals surface area contributed by atoms with E-state index in [9.17, 15) is 4.79 Å². The number of rotatable bonds is 6. The highest BCUT2D eigenvalue weighted by atomic mass is 32.1. The molecule has 0 heterocycles. The summed E-state index contributed by atoms with van der Waals surface area (Å²) in [6, 6.07) is 9.29. The molecule has 0 aromatic heterocycles. The van der Waals surface area contributed by atoms with Gasteiger partial charge in [0.15, 0.2) is 0 Å². The van der Waals surface area contributed by atoms with Gasteiger partial charge in [0.05, 0.1) is 11.6 Å². The minimum absolute atomic E-state index is 0.120. The van der Waals surface area contributed by atoms with E-state index in [1.165, 1.54) is 0 Å². The Hall–Kier alpha value is -1.46. The van der Waals surface area contributed by atoms with Crippen molar-refractivity contribution in [1.82, 2.24) is 10.6 Å². The number of hydrogen-bond acceptors (Lipinski definition) is 3. The Kier molecular flexibility index (Phi) is 6.32. The Morgan fingerprint density at radius 1 is 1.39 bits per heavy atom. The summed E-state index contributed by atoms with van der Waals surface area (Å²) in [4.78, 5) is 12.5. The lowest BCUT2D eigenvalue weighted by Crippen LogP contribution is -2.48. The fourth-order valence-electron chi connectivity index (χ4n) is 1.50. The Morgan fingerprint density at radius 2 is 2.06 bits per heavy atom. The number of methoxy groups -OCH3 is 1. The molecule has 1 amide bonds. The Labute approximate surface area is 113 Å². The maximum Gasteiger partial charge on any atom is 0.245 e. The van der Waals surface area contributed by atoms with Crippen molar-refractivity contribution in [2.75, 3.05) is 13.7 Å². The number of amides is 1. The molecule has 1 aromatic rings. The average molecular weight is 266 g/mol. The highest BCUT2D eigenvalue weighted by Gasteiger charge is 2.17. The normalized spacial score (nSPS) is 11.7. The third-order valence-electron chi connectivity index (χ3n) is 2.34. The lowest BCUT2D eigenvalue weighted by molar-refractivity contribution is -0.124. The van der Waals surface area contributed by atoms with E-state index >= 15 is 0 Å². The van der Waals surface area contributed by atoms with E-state index in [4.69, 9.17) is 17.0 Å². The largest absolute Gasteiger partial charge is 0.382 e. The van der Waals surface area contributed by atoms with E-state index in [1.54, 1.807) is 14.0 Å². The van der Waals surface area contributed by atoms with Gasteiger partial charge in [0.25, 0.3) is 0 Å². The van der Waals surface area contributed by atoms with Gasteiger partial charge in [0.1, 0.15) is 6.04 Å². The molecule has 18 heavy (non-hydrogen) atoms. The van der Waals surface area contributed by atoms with Gasteiger partial charge >= 0.3 is 0 Å². The van der Waals surface area contributed by atoms with Gasteiger partial charge in [0, 0.05) is 13.7 Å². The Morgan fingerprint density at radius 3 is 2.61 bits per heavy atom. The zero-order valence-corrected chi connectivity index (χ0v) is 11.4. The number of ether oxygens (including phenoxy) is 1. The summed E-state index contributed by atoms with van der Waals surface area (Å²) in [6.07, 6.45) is 0. The van der Waals surface area contributed by atoms with Crippen molar-refractivity contribution in [2.24, 2.45) is 0 Å². The van der Waals surface area contributed by atoms with Crippen molar-refractivity contribution in [2.45, 2.75) is 19.5 Å². The monoisotopic (exact) mass is 266 g/mol. The molecule has 1 aromatic carbocycles. The van der Waals surface area contributed by atoms with Crippen LogP contribution in [0.4, 0.5) is 0 Å². The molecule has 0 radical (unpaired) electrons. The molecule has 4 nitrogen and oxygen atoms in total. The van der Waals surface area contributed by atoms with Gasteiger partial charge in [-0.15, -0.1) is 0 Å². The van der Waals surface area contributed by atoms with E-state index < -0.39 is 6.04 Å². The summed E-state index contributed by atoms with van der Waals surface area (Å²) < 4.78 is 5.00. The lowest BCUT2D eigenvalue weighted by Gasteiger charge is -2.17. The van der Waals surface area contributed by atoms with Crippen molar-refractivity contribution in [3.05, 3.63) is 35.9 Å². The molecule has 98 valence electrons. The molecular formula is C13H18N2O2S. The van der Waals surface area contributed by atoms with Crippen molar-refractivity contribution < 1.29 is 9.53 Å². The van der Waals surface area contributed by atoms with E-state index in [-0.39, 0.29) is 12.5 Å². The average Bonchev–Trinajstić information content (AvgIpc) is 2.36.